The Morgan fingerprint density at radius 1 is 1.04 bits per heavy atom. The van der Waals surface area contributed by atoms with Crippen molar-refractivity contribution in [2.24, 2.45) is 0 Å². The van der Waals surface area contributed by atoms with E-state index >= 15 is 0 Å². The van der Waals surface area contributed by atoms with Gasteiger partial charge in [-0.1, -0.05) is 24.3 Å². The lowest BCUT2D eigenvalue weighted by atomic mass is 10.1. The zero-order valence-corrected chi connectivity index (χ0v) is 15.1. The number of hydrogen-bond donors (Lipinski definition) is 1. The van der Waals surface area contributed by atoms with Crippen molar-refractivity contribution < 1.29 is 9.59 Å². The van der Waals surface area contributed by atoms with E-state index in [2.05, 4.69) is 10.3 Å². The fourth-order valence-electron chi connectivity index (χ4n) is 3.03. The van der Waals surface area contributed by atoms with Crippen LogP contribution in [0.25, 0.3) is 10.9 Å². The minimum absolute atomic E-state index is 0.0541. The summed E-state index contributed by atoms with van der Waals surface area (Å²) in [6, 6.07) is 15.2. The van der Waals surface area contributed by atoms with Gasteiger partial charge < -0.3 is 10.2 Å². The lowest BCUT2D eigenvalue weighted by molar-refractivity contribution is -0.120. The highest BCUT2D eigenvalue weighted by Crippen LogP contribution is 2.22. The first kappa shape index (κ1) is 17.6. The molecule has 0 aliphatic rings. The third kappa shape index (κ3) is 3.88. The maximum Gasteiger partial charge on any atom is 0.244 e. The standard InChI is InChI=1S/C21H21N3O2/c1-14-10-15(2)12-18(11-14)24(16(3)25)13-20(26)23-19-8-4-6-17-7-5-9-22-21(17)19/h4-12H,13H2,1-3H3,(H,23,26). The molecular weight excluding hydrogens is 326 g/mol. The van der Waals surface area contributed by atoms with E-state index in [1.807, 2.05) is 62.4 Å². The number of carbonyl (C=O) groups is 2. The van der Waals surface area contributed by atoms with Crippen LogP contribution in [-0.4, -0.2) is 23.3 Å². The second kappa shape index (κ2) is 7.35. The Kier molecular flexibility index (Phi) is 4.98. The zero-order chi connectivity index (χ0) is 18.7. The third-order valence-electron chi connectivity index (χ3n) is 4.11. The highest BCUT2D eigenvalue weighted by atomic mass is 16.2. The molecule has 0 unspecified atom stereocenters. The largest absolute Gasteiger partial charge is 0.323 e. The molecule has 0 aliphatic carbocycles. The first-order valence-electron chi connectivity index (χ1n) is 8.44. The van der Waals surface area contributed by atoms with Crippen molar-refractivity contribution in [2.75, 3.05) is 16.8 Å². The molecule has 3 aromatic rings. The summed E-state index contributed by atoms with van der Waals surface area (Å²) in [5.74, 6) is -0.446. The zero-order valence-electron chi connectivity index (χ0n) is 15.1. The van der Waals surface area contributed by atoms with Crippen LogP contribution in [0.3, 0.4) is 0 Å². The molecule has 5 heteroatoms. The molecular formula is C21H21N3O2. The van der Waals surface area contributed by atoms with Gasteiger partial charge in [-0.15, -0.1) is 0 Å². The highest BCUT2D eigenvalue weighted by Gasteiger charge is 2.17. The molecule has 0 bridgehead atoms. The summed E-state index contributed by atoms with van der Waals surface area (Å²) in [5, 5.41) is 3.82. The van der Waals surface area contributed by atoms with Crippen LogP contribution in [0.1, 0.15) is 18.1 Å². The second-order valence-corrected chi connectivity index (χ2v) is 6.38. The van der Waals surface area contributed by atoms with Crippen molar-refractivity contribution in [2.45, 2.75) is 20.8 Å². The van der Waals surface area contributed by atoms with E-state index in [9.17, 15) is 9.59 Å². The number of para-hydroxylation sites is 1. The molecule has 2 amide bonds. The van der Waals surface area contributed by atoms with Crippen molar-refractivity contribution in [1.82, 2.24) is 4.98 Å². The maximum absolute atomic E-state index is 12.6. The van der Waals surface area contributed by atoms with Gasteiger partial charge in [0.1, 0.15) is 6.54 Å². The van der Waals surface area contributed by atoms with Crippen molar-refractivity contribution in [3.05, 3.63) is 65.9 Å². The maximum atomic E-state index is 12.6. The summed E-state index contributed by atoms with van der Waals surface area (Å²) in [6.45, 7) is 5.35. The molecule has 3 rings (SSSR count). The number of nitrogens with zero attached hydrogens (tertiary/aromatic N) is 2. The van der Waals surface area contributed by atoms with Crippen LogP contribution in [0.15, 0.2) is 54.7 Å². The first-order chi connectivity index (χ1) is 12.4. The van der Waals surface area contributed by atoms with Crippen LogP contribution < -0.4 is 10.2 Å². The van der Waals surface area contributed by atoms with Crippen LogP contribution in [-0.2, 0) is 9.59 Å². The first-order valence-corrected chi connectivity index (χ1v) is 8.44. The van der Waals surface area contributed by atoms with E-state index in [0.717, 1.165) is 27.7 Å². The van der Waals surface area contributed by atoms with Gasteiger partial charge in [0.25, 0.3) is 0 Å². The number of amides is 2. The molecule has 132 valence electrons. The average molecular weight is 347 g/mol. The molecule has 0 saturated heterocycles. The van der Waals surface area contributed by atoms with Gasteiger partial charge >= 0.3 is 0 Å². The molecule has 1 aromatic heterocycles. The molecule has 0 saturated carbocycles. The smallest absolute Gasteiger partial charge is 0.244 e. The van der Waals surface area contributed by atoms with E-state index in [4.69, 9.17) is 0 Å². The van der Waals surface area contributed by atoms with Crippen LogP contribution in [0.5, 0.6) is 0 Å². The normalized spacial score (nSPS) is 10.6. The van der Waals surface area contributed by atoms with Gasteiger partial charge in [-0.2, -0.15) is 0 Å². The van der Waals surface area contributed by atoms with Gasteiger partial charge in [0.05, 0.1) is 11.2 Å². The molecule has 0 radical (unpaired) electrons. The quantitative estimate of drug-likeness (QED) is 0.780. The van der Waals surface area contributed by atoms with Gasteiger partial charge in [0, 0.05) is 24.2 Å². The Balaban J connectivity index is 1.83. The summed E-state index contributed by atoms with van der Waals surface area (Å²) in [5.41, 5.74) is 4.18. The third-order valence-corrected chi connectivity index (χ3v) is 4.11. The van der Waals surface area contributed by atoms with Gasteiger partial charge in [-0.25, -0.2) is 0 Å². The molecule has 1 N–H and O–H groups in total. The predicted molar refractivity (Wildman–Crippen MR) is 104 cm³/mol. The molecule has 0 fully saturated rings. The number of aryl methyl sites for hydroxylation is 2. The van der Waals surface area contributed by atoms with E-state index in [1.165, 1.54) is 11.8 Å². The minimum atomic E-state index is -0.266. The highest BCUT2D eigenvalue weighted by molar-refractivity contribution is 6.05. The fraction of sp³-hybridized carbons (Fsp3) is 0.190. The van der Waals surface area contributed by atoms with Crippen molar-refractivity contribution in [3.8, 4) is 0 Å². The van der Waals surface area contributed by atoms with Crippen LogP contribution in [0, 0.1) is 13.8 Å². The number of hydrogen-bond acceptors (Lipinski definition) is 3. The van der Waals surface area contributed by atoms with Crippen molar-refractivity contribution >= 4 is 34.1 Å². The number of carbonyl (C=O) groups excluding carboxylic acids is 2. The lowest BCUT2D eigenvalue weighted by Crippen LogP contribution is -2.36. The van der Waals surface area contributed by atoms with Gasteiger partial charge in [0.2, 0.25) is 11.8 Å². The molecule has 0 atom stereocenters. The number of benzene rings is 2. The van der Waals surface area contributed by atoms with Gasteiger partial charge in [-0.05, 0) is 49.2 Å². The monoisotopic (exact) mass is 347 g/mol. The summed E-state index contributed by atoms with van der Waals surface area (Å²) < 4.78 is 0. The van der Waals surface area contributed by atoms with Crippen LogP contribution in [0.4, 0.5) is 11.4 Å². The molecule has 1 heterocycles. The molecule has 5 nitrogen and oxygen atoms in total. The number of rotatable bonds is 4. The lowest BCUT2D eigenvalue weighted by Gasteiger charge is -2.22. The second-order valence-electron chi connectivity index (χ2n) is 6.38. The Morgan fingerprint density at radius 3 is 2.42 bits per heavy atom. The molecule has 0 aliphatic heterocycles. The topological polar surface area (TPSA) is 62.3 Å². The predicted octanol–water partition coefficient (Wildman–Crippen LogP) is 3.84. The Bertz CT molecular complexity index is 956. The van der Waals surface area contributed by atoms with E-state index < -0.39 is 0 Å². The molecule has 26 heavy (non-hydrogen) atoms. The summed E-state index contributed by atoms with van der Waals surface area (Å²) in [6.07, 6.45) is 1.69. The van der Waals surface area contributed by atoms with Gasteiger partial charge in [0.15, 0.2) is 0 Å². The average Bonchev–Trinajstić information content (AvgIpc) is 2.59. The Hall–Kier alpha value is -3.21. The van der Waals surface area contributed by atoms with Gasteiger partial charge in [-0.3, -0.25) is 14.6 Å². The van der Waals surface area contributed by atoms with E-state index in [0.29, 0.717) is 5.69 Å². The molecule has 2 aromatic carbocycles. The Morgan fingerprint density at radius 2 is 1.73 bits per heavy atom. The van der Waals surface area contributed by atoms with E-state index in [-0.39, 0.29) is 18.4 Å². The summed E-state index contributed by atoms with van der Waals surface area (Å²) in [7, 11) is 0. The summed E-state index contributed by atoms with van der Waals surface area (Å²) >= 11 is 0. The van der Waals surface area contributed by atoms with E-state index in [1.54, 1.807) is 6.20 Å². The number of pyridine rings is 1. The summed E-state index contributed by atoms with van der Waals surface area (Å²) in [4.78, 5) is 30.5. The minimum Gasteiger partial charge on any atom is -0.323 e. The van der Waals surface area contributed by atoms with Crippen LogP contribution >= 0.6 is 0 Å². The SMILES string of the molecule is CC(=O)N(CC(=O)Nc1cccc2cccnc12)c1cc(C)cc(C)c1. The Labute approximate surface area is 152 Å². The van der Waals surface area contributed by atoms with Crippen molar-refractivity contribution in [3.63, 3.8) is 0 Å². The molecule has 0 spiro atoms. The van der Waals surface area contributed by atoms with Crippen LogP contribution in [0.2, 0.25) is 0 Å². The number of nitrogens with one attached hydrogen (secondary N) is 1. The number of fused-ring (bicyclic) bond motifs is 1. The number of aromatic nitrogens is 1. The number of anilines is 2. The van der Waals surface area contributed by atoms with Crippen molar-refractivity contribution in [1.29, 1.82) is 0 Å². The fourth-order valence-corrected chi connectivity index (χ4v) is 3.03.